The summed E-state index contributed by atoms with van der Waals surface area (Å²) in [4.78, 5) is 26.7. The van der Waals surface area contributed by atoms with E-state index in [1.807, 2.05) is 20.8 Å². The van der Waals surface area contributed by atoms with Crippen molar-refractivity contribution in [2.75, 3.05) is 20.2 Å². The normalized spacial score (nSPS) is 17.2. The third-order valence-electron chi connectivity index (χ3n) is 6.60. The van der Waals surface area contributed by atoms with Crippen LogP contribution in [-0.4, -0.2) is 59.2 Å². The molecule has 1 unspecified atom stereocenters. The molecule has 0 saturated heterocycles. The summed E-state index contributed by atoms with van der Waals surface area (Å²) in [6, 6.07) is 10.5. The molecule has 0 aliphatic carbocycles. The first-order chi connectivity index (χ1) is 16.4. The fourth-order valence-corrected chi connectivity index (χ4v) is 9.33. The highest BCUT2D eigenvalue weighted by Crippen LogP contribution is 2.45. The smallest absolute Gasteiger partial charge is 0.466 e. The van der Waals surface area contributed by atoms with Gasteiger partial charge in [0.25, 0.3) is 0 Å². The van der Waals surface area contributed by atoms with Crippen molar-refractivity contribution in [3.63, 3.8) is 0 Å². The van der Waals surface area contributed by atoms with Crippen LogP contribution in [0.4, 0.5) is 18.0 Å². The quantitative estimate of drug-likeness (QED) is 0.193. The summed E-state index contributed by atoms with van der Waals surface area (Å²) in [5, 5.41) is 0. The second kappa shape index (κ2) is 11.5. The third kappa shape index (κ3) is 6.37. The molecule has 0 fully saturated rings. The molecule has 0 radical (unpaired) electrons. The van der Waals surface area contributed by atoms with E-state index >= 15 is 0 Å². The van der Waals surface area contributed by atoms with Crippen LogP contribution in [0.15, 0.2) is 41.7 Å². The molecule has 1 heterocycles. The molecule has 0 spiro atoms. The first kappa shape index (κ1) is 28.7. The summed E-state index contributed by atoms with van der Waals surface area (Å²) >= 11 is 0. The minimum atomic E-state index is -6.05. The Hall–Kier alpha value is -2.54. The second-order valence-electron chi connectivity index (χ2n) is 8.21. The molecule has 1 atom stereocenters. The Morgan fingerprint density at radius 2 is 1.66 bits per heavy atom. The van der Waals surface area contributed by atoms with Crippen molar-refractivity contribution in [3.05, 3.63) is 47.2 Å². The molecule has 1 aliphatic heterocycles. The maximum Gasteiger partial charge on any atom is 0.534 e. The van der Waals surface area contributed by atoms with Gasteiger partial charge >= 0.3 is 27.7 Å². The van der Waals surface area contributed by atoms with E-state index in [-0.39, 0.29) is 13.2 Å². The lowest BCUT2D eigenvalue weighted by molar-refractivity contribution is -0.136. The van der Waals surface area contributed by atoms with E-state index in [0.29, 0.717) is 18.1 Å². The van der Waals surface area contributed by atoms with E-state index in [2.05, 4.69) is 4.18 Å². The fourth-order valence-electron chi connectivity index (χ4n) is 4.32. The number of benzene rings is 1. The zero-order valence-corrected chi connectivity index (χ0v) is 21.9. The minimum Gasteiger partial charge on any atom is -0.466 e. The number of carbonyl (C=O) groups is 2. The van der Waals surface area contributed by atoms with Crippen LogP contribution in [0.3, 0.4) is 0 Å². The summed E-state index contributed by atoms with van der Waals surface area (Å²) < 4.78 is 78.3. The number of methoxy groups -OCH3 is 1. The molecule has 1 aromatic carbocycles. The Morgan fingerprint density at radius 1 is 1.09 bits per heavy atom. The lowest BCUT2D eigenvalue weighted by atomic mass is 10.1. The van der Waals surface area contributed by atoms with Crippen molar-refractivity contribution in [2.45, 2.75) is 56.6 Å². The van der Waals surface area contributed by atoms with Crippen LogP contribution in [0, 0.1) is 0 Å². The monoisotopic (exact) mass is 537 g/mol. The molecule has 0 saturated carbocycles. The van der Waals surface area contributed by atoms with Crippen LogP contribution in [0.2, 0.25) is 23.7 Å². The maximum absolute atomic E-state index is 13.2. The minimum absolute atomic E-state index is 0.0537. The van der Waals surface area contributed by atoms with Gasteiger partial charge in [-0.1, -0.05) is 69.2 Å². The molecule has 1 aromatic rings. The summed E-state index contributed by atoms with van der Waals surface area (Å²) in [5.74, 6) is -1.66. The van der Waals surface area contributed by atoms with Crippen LogP contribution >= 0.6 is 0 Å². The summed E-state index contributed by atoms with van der Waals surface area (Å²) in [5.41, 5.74) is -6.31. The van der Waals surface area contributed by atoms with Crippen LogP contribution in [0.5, 0.6) is 0 Å². The molecular formula is C22H30F3NO7SSi. The number of esters is 1. The first-order valence-electron chi connectivity index (χ1n) is 11.1. The van der Waals surface area contributed by atoms with Gasteiger partial charge in [-0.3, -0.25) is 0 Å². The molecule has 0 bridgehead atoms. The van der Waals surface area contributed by atoms with Gasteiger partial charge < -0.3 is 18.6 Å². The van der Waals surface area contributed by atoms with Crippen LogP contribution in [0.1, 0.15) is 26.3 Å². The Labute approximate surface area is 204 Å². The van der Waals surface area contributed by atoms with E-state index in [0.717, 1.165) is 12.7 Å². The Kier molecular flexibility index (Phi) is 9.40. The standard InChI is InChI=1S/C22H30F3NO7SSi/c1-5-35(6-2,7-3)18-14-26(21(28)32-15-16-11-9-8-10-12-16)13-17(20(27)31-4)19(18)33-34(29,30)22(23,24)25/h8-12,18H,5-7,13-15H2,1-4H3. The van der Waals surface area contributed by atoms with Gasteiger partial charge in [-0.2, -0.15) is 21.6 Å². The number of hydrogen-bond donors (Lipinski definition) is 0. The molecule has 0 aromatic heterocycles. The Balaban J connectivity index is 2.55. The van der Waals surface area contributed by atoms with E-state index in [9.17, 15) is 31.2 Å². The van der Waals surface area contributed by atoms with Crippen molar-refractivity contribution in [1.82, 2.24) is 4.90 Å². The molecule has 0 N–H and O–H groups in total. The number of nitrogens with zero attached hydrogens (tertiary/aromatic N) is 1. The number of rotatable bonds is 9. The van der Waals surface area contributed by atoms with Crippen LogP contribution in [0.25, 0.3) is 0 Å². The van der Waals surface area contributed by atoms with Gasteiger partial charge in [0.1, 0.15) is 12.4 Å². The van der Waals surface area contributed by atoms with Crippen molar-refractivity contribution in [2.24, 2.45) is 0 Å². The number of amides is 1. The lowest BCUT2D eigenvalue weighted by Gasteiger charge is -2.43. The molecule has 2 rings (SSSR count). The average Bonchev–Trinajstić information content (AvgIpc) is 2.83. The van der Waals surface area contributed by atoms with Crippen molar-refractivity contribution in [1.29, 1.82) is 0 Å². The maximum atomic E-state index is 13.2. The largest absolute Gasteiger partial charge is 0.534 e. The van der Waals surface area contributed by atoms with E-state index in [1.165, 1.54) is 4.90 Å². The van der Waals surface area contributed by atoms with Crippen LogP contribution in [-0.2, 0) is 35.2 Å². The number of hydrogen-bond acceptors (Lipinski definition) is 7. The van der Waals surface area contributed by atoms with Gasteiger partial charge in [0, 0.05) is 12.1 Å². The number of ether oxygens (including phenoxy) is 2. The van der Waals surface area contributed by atoms with E-state index in [4.69, 9.17) is 9.47 Å². The highest BCUT2D eigenvalue weighted by atomic mass is 32.2. The van der Waals surface area contributed by atoms with Gasteiger partial charge in [0.15, 0.2) is 0 Å². The summed E-state index contributed by atoms with van der Waals surface area (Å²) in [7, 11) is -7.63. The van der Waals surface area contributed by atoms with Crippen LogP contribution < -0.4 is 0 Å². The third-order valence-corrected chi connectivity index (χ3v) is 13.7. The molecule has 35 heavy (non-hydrogen) atoms. The van der Waals surface area contributed by atoms with Gasteiger partial charge in [-0.15, -0.1) is 0 Å². The molecule has 1 aliphatic rings. The fraction of sp³-hybridized carbons (Fsp3) is 0.545. The Morgan fingerprint density at radius 3 is 2.14 bits per heavy atom. The molecule has 8 nitrogen and oxygen atoms in total. The molecule has 196 valence electrons. The van der Waals surface area contributed by atoms with Gasteiger partial charge in [-0.05, 0) is 5.56 Å². The average molecular weight is 538 g/mol. The predicted molar refractivity (Wildman–Crippen MR) is 124 cm³/mol. The summed E-state index contributed by atoms with van der Waals surface area (Å²) in [6.07, 6.45) is -0.788. The zero-order chi connectivity index (χ0) is 26.4. The van der Waals surface area contributed by atoms with Gasteiger partial charge in [-0.25, -0.2) is 9.59 Å². The molecule has 13 heteroatoms. The SMILES string of the molecule is CC[Si](CC)(CC)C1CN(C(=O)OCc2ccccc2)CC(C(=O)OC)=C1OS(=O)(=O)C(F)(F)F. The Bertz CT molecular complexity index is 1030. The lowest BCUT2D eigenvalue weighted by Crippen LogP contribution is -2.51. The highest BCUT2D eigenvalue weighted by Gasteiger charge is 2.53. The van der Waals surface area contributed by atoms with Gasteiger partial charge in [0.05, 0.1) is 27.3 Å². The molecular weight excluding hydrogens is 507 g/mol. The molecule has 1 amide bonds. The van der Waals surface area contributed by atoms with Crippen molar-refractivity contribution in [3.8, 4) is 0 Å². The number of halogens is 3. The van der Waals surface area contributed by atoms with E-state index < -0.39 is 59.2 Å². The highest BCUT2D eigenvalue weighted by molar-refractivity contribution is 7.87. The van der Waals surface area contributed by atoms with Crippen molar-refractivity contribution < 1.29 is 44.8 Å². The first-order valence-corrected chi connectivity index (χ1v) is 15.2. The van der Waals surface area contributed by atoms with Gasteiger partial charge in [0.2, 0.25) is 0 Å². The summed E-state index contributed by atoms with van der Waals surface area (Å²) in [6.45, 7) is 4.88. The topological polar surface area (TPSA) is 99.2 Å². The number of carbonyl (C=O) groups excluding carboxylic acids is 2. The van der Waals surface area contributed by atoms with E-state index in [1.54, 1.807) is 30.3 Å². The second-order valence-corrected chi connectivity index (χ2v) is 15.3. The number of alkyl halides is 3. The predicted octanol–water partition coefficient (Wildman–Crippen LogP) is 4.81. The zero-order valence-electron chi connectivity index (χ0n) is 20.1. The van der Waals surface area contributed by atoms with Crippen molar-refractivity contribution >= 4 is 30.3 Å².